The summed E-state index contributed by atoms with van der Waals surface area (Å²) in [7, 11) is 0. The van der Waals surface area contributed by atoms with E-state index in [0.29, 0.717) is 12.3 Å². The molecule has 110 valence electrons. The third-order valence-corrected chi connectivity index (χ3v) is 4.42. The van der Waals surface area contributed by atoms with Crippen LogP contribution in [-0.4, -0.2) is 25.0 Å². The number of carbonyl (C=O) groups excluding carboxylic acids is 1. The summed E-state index contributed by atoms with van der Waals surface area (Å²) < 4.78 is 0. The highest BCUT2D eigenvalue weighted by Crippen LogP contribution is 2.16. The molecule has 0 saturated carbocycles. The molecule has 0 radical (unpaired) electrons. The van der Waals surface area contributed by atoms with Gasteiger partial charge in [0.2, 0.25) is 5.91 Å². The molecule has 1 aliphatic heterocycles. The zero-order valence-corrected chi connectivity index (χ0v) is 12.8. The Morgan fingerprint density at radius 3 is 2.65 bits per heavy atom. The maximum atomic E-state index is 12.1. The molecular weight excluding hydrogens is 248 g/mol. The minimum atomic E-state index is 0.138. The monoisotopic (exact) mass is 274 g/mol. The molecule has 0 spiro atoms. The summed E-state index contributed by atoms with van der Waals surface area (Å²) in [6.45, 7) is 8.46. The smallest absolute Gasteiger partial charge is 0.224 e. The van der Waals surface area contributed by atoms with Crippen LogP contribution in [0.4, 0.5) is 0 Å². The Bertz CT molecular complexity index is 464. The van der Waals surface area contributed by atoms with Crippen LogP contribution in [0.3, 0.4) is 0 Å². The maximum Gasteiger partial charge on any atom is 0.224 e. The predicted molar refractivity (Wildman–Crippen MR) is 82.8 cm³/mol. The van der Waals surface area contributed by atoms with Crippen molar-refractivity contribution in [3.63, 3.8) is 0 Å². The van der Waals surface area contributed by atoms with E-state index in [0.717, 1.165) is 31.5 Å². The predicted octanol–water partition coefficient (Wildman–Crippen LogP) is 2.35. The topological polar surface area (TPSA) is 41.1 Å². The second kappa shape index (κ2) is 6.89. The molecule has 3 nitrogen and oxygen atoms in total. The van der Waals surface area contributed by atoms with Crippen LogP contribution in [0.2, 0.25) is 0 Å². The first-order valence-corrected chi connectivity index (χ1v) is 7.62. The van der Waals surface area contributed by atoms with Crippen LogP contribution in [0.25, 0.3) is 0 Å². The molecule has 1 amide bonds. The van der Waals surface area contributed by atoms with Gasteiger partial charge in [0, 0.05) is 6.04 Å². The Morgan fingerprint density at radius 2 is 2.00 bits per heavy atom. The number of carbonyl (C=O) groups is 1. The van der Waals surface area contributed by atoms with Crippen molar-refractivity contribution in [3.05, 3.63) is 34.9 Å². The van der Waals surface area contributed by atoms with Gasteiger partial charge in [-0.3, -0.25) is 4.79 Å². The van der Waals surface area contributed by atoms with Gasteiger partial charge in [-0.1, -0.05) is 18.2 Å². The quantitative estimate of drug-likeness (QED) is 0.885. The normalized spacial score (nSPS) is 17.8. The number of benzene rings is 1. The molecule has 1 atom stereocenters. The van der Waals surface area contributed by atoms with Crippen molar-refractivity contribution in [2.75, 3.05) is 13.1 Å². The molecule has 0 bridgehead atoms. The maximum absolute atomic E-state index is 12.1. The van der Waals surface area contributed by atoms with Crippen LogP contribution in [0.1, 0.15) is 36.5 Å². The number of amides is 1. The Morgan fingerprint density at radius 1 is 1.30 bits per heavy atom. The van der Waals surface area contributed by atoms with Crippen molar-refractivity contribution in [2.24, 2.45) is 5.92 Å². The second-order valence-corrected chi connectivity index (χ2v) is 6.04. The van der Waals surface area contributed by atoms with Gasteiger partial charge in [-0.25, -0.2) is 0 Å². The van der Waals surface area contributed by atoms with Gasteiger partial charge in [-0.05, 0) is 69.3 Å². The minimum Gasteiger partial charge on any atom is -0.353 e. The Kier molecular flexibility index (Phi) is 5.18. The van der Waals surface area contributed by atoms with Crippen LogP contribution < -0.4 is 10.6 Å². The molecule has 1 aromatic carbocycles. The first kappa shape index (κ1) is 15.0. The van der Waals surface area contributed by atoms with Crippen molar-refractivity contribution < 1.29 is 4.79 Å². The molecule has 1 heterocycles. The van der Waals surface area contributed by atoms with Crippen LogP contribution >= 0.6 is 0 Å². The van der Waals surface area contributed by atoms with E-state index in [9.17, 15) is 4.79 Å². The summed E-state index contributed by atoms with van der Waals surface area (Å²) in [4.78, 5) is 12.1. The van der Waals surface area contributed by atoms with Crippen LogP contribution in [0, 0.1) is 19.8 Å². The van der Waals surface area contributed by atoms with E-state index in [1.54, 1.807) is 0 Å². The summed E-state index contributed by atoms with van der Waals surface area (Å²) in [5, 5.41) is 6.53. The summed E-state index contributed by atoms with van der Waals surface area (Å²) in [6.07, 6.45) is 2.80. The second-order valence-electron chi connectivity index (χ2n) is 6.04. The lowest BCUT2D eigenvalue weighted by Gasteiger charge is -2.28. The highest BCUT2D eigenvalue weighted by Gasteiger charge is 2.21. The first-order chi connectivity index (χ1) is 9.56. The molecule has 2 rings (SSSR count). The number of piperidine rings is 1. The SMILES string of the molecule is Cc1ccc(CC(=O)NC(C)C2CCNCC2)cc1C. The van der Waals surface area contributed by atoms with Gasteiger partial charge in [0.15, 0.2) is 0 Å². The zero-order chi connectivity index (χ0) is 14.5. The number of aryl methyl sites for hydroxylation is 2. The van der Waals surface area contributed by atoms with Crippen molar-refractivity contribution in [1.29, 1.82) is 0 Å². The Hall–Kier alpha value is -1.35. The van der Waals surface area contributed by atoms with Crippen molar-refractivity contribution in [1.82, 2.24) is 10.6 Å². The lowest BCUT2D eigenvalue weighted by molar-refractivity contribution is -0.121. The van der Waals surface area contributed by atoms with Gasteiger partial charge in [0.05, 0.1) is 6.42 Å². The summed E-state index contributed by atoms with van der Waals surface area (Å²) in [5.74, 6) is 0.749. The molecular formula is C17H26N2O. The van der Waals surface area contributed by atoms with Gasteiger partial charge in [-0.2, -0.15) is 0 Å². The fraction of sp³-hybridized carbons (Fsp3) is 0.588. The largest absolute Gasteiger partial charge is 0.353 e. The first-order valence-electron chi connectivity index (χ1n) is 7.62. The van der Waals surface area contributed by atoms with E-state index < -0.39 is 0 Å². The van der Waals surface area contributed by atoms with Gasteiger partial charge in [0.25, 0.3) is 0 Å². The van der Waals surface area contributed by atoms with E-state index in [1.165, 1.54) is 11.1 Å². The number of nitrogens with one attached hydrogen (secondary N) is 2. The van der Waals surface area contributed by atoms with E-state index in [1.807, 2.05) is 0 Å². The lowest BCUT2D eigenvalue weighted by Crippen LogP contribution is -2.43. The molecule has 3 heteroatoms. The fourth-order valence-electron chi connectivity index (χ4n) is 2.87. The van der Waals surface area contributed by atoms with Crippen molar-refractivity contribution >= 4 is 5.91 Å². The van der Waals surface area contributed by atoms with Crippen LogP contribution in [0.5, 0.6) is 0 Å². The van der Waals surface area contributed by atoms with E-state index in [-0.39, 0.29) is 11.9 Å². The highest BCUT2D eigenvalue weighted by molar-refractivity contribution is 5.78. The fourth-order valence-corrected chi connectivity index (χ4v) is 2.87. The molecule has 20 heavy (non-hydrogen) atoms. The Labute approximate surface area is 122 Å². The molecule has 0 aromatic heterocycles. The average Bonchev–Trinajstić information content (AvgIpc) is 2.44. The molecule has 1 fully saturated rings. The van der Waals surface area contributed by atoms with E-state index >= 15 is 0 Å². The average molecular weight is 274 g/mol. The van der Waals surface area contributed by atoms with E-state index in [2.05, 4.69) is 49.6 Å². The molecule has 1 saturated heterocycles. The number of hydrogen-bond acceptors (Lipinski definition) is 2. The minimum absolute atomic E-state index is 0.138. The highest BCUT2D eigenvalue weighted by atomic mass is 16.1. The summed E-state index contributed by atoms with van der Waals surface area (Å²) in [5.41, 5.74) is 3.63. The van der Waals surface area contributed by atoms with Gasteiger partial charge < -0.3 is 10.6 Å². The summed E-state index contributed by atoms with van der Waals surface area (Å²) in [6, 6.07) is 6.53. The summed E-state index contributed by atoms with van der Waals surface area (Å²) >= 11 is 0. The zero-order valence-electron chi connectivity index (χ0n) is 12.8. The van der Waals surface area contributed by atoms with Crippen molar-refractivity contribution in [3.8, 4) is 0 Å². The van der Waals surface area contributed by atoms with Crippen molar-refractivity contribution in [2.45, 2.75) is 46.1 Å². The van der Waals surface area contributed by atoms with Gasteiger partial charge in [-0.15, -0.1) is 0 Å². The Balaban J connectivity index is 1.86. The molecule has 1 aliphatic rings. The number of rotatable bonds is 4. The molecule has 1 aromatic rings. The van der Waals surface area contributed by atoms with Gasteiger partial charge in [0.1, 0.15) is 0 Å². The third kappa shape index (κ3) is 4.07. The van der Waals surface area contributed by atoms with E-state index in [4.69, 9.17) is 0 Å². The molecule has 2 N–H and O–H groups in total. The molecule has 1 unspecified atom stereocenters. The number of hydrogen-bond donors (Lipinski definition) is 2. The van der Waals surface area contributed by atoms with Crippen LogP contribution in [0.15, 0.2) is 18.2 Å². The lowest BCUT2D eigenvalue weighted by atomic mass is 9.91. The third-order valence-electron chi connectivity index (χ3n) is 4.42. The molecule has 0 aliphatic carbocycles. The van der Waals surface area contributed by atoms with Gasteiger partial charge >= 0.3 is 0 Å². The van der Waals surface area contributed by atoms with Crippen LogP contribution in [-0.2, 0) is 11.2 Å². The standard InChI is InChI=1S/C17H26N2O/c1-12-4-5-15(10-13(12)2)11-17(20)19-14(3)16-6-8-18-9-7-16/h4-5,10,14,16,18H,6-9,11H2,1-3H3,(H,19,20).